The van der Waals surface area contributed by atoms with E-state index in [1.54, 1.807) is 31.2 Å². The van der Waals surface area contributed by atoms with Gasteiger partial charge in [-0.25, -0.2) is 14.0 Å². The maximum Gasteiger partial charge on any atom is 0.439 e. The zero-order valence-corrected chi connectivity index (χ0v) is 17.2. The summed E-state index contributed by atoms with van der Waals surface area (Å²) in [6.07, 6.45) is 0. The second-order valence-corrected chi connectivity index (χ2v) is 8.37. The van der Waals surface area contributed by atoms with Crippen molar-refractivity contribution < 1.29 is 28.3 Å². The lowest BCUT2D eigenvalue weighted by molar-refractivity contribution is -0.303. The van der Waals surface area contributed by atoms with Crippen molar-refractivity contribution in [3.8, 4) is 0 Å². The first kappa shape index (κ1) is 22.2. The maximum atomic E-state index is 13.1. The highest BCUT2D eigenvalue weighted by molar-refractivity contribution is 7.56. The van der Waals surface area contributed by atoms with E-state index in [4.69, 9.17) is 13.8 Å². The molecule has 1 aromatic carbocycles. The summed E-state index contributed by atoms with van der Waals surface area (Å²) < 4.78 is 29.7. The molecule has 0 aliphatic carbocycles. The third-order valence-electron chi connectivity index (χ3n) is 3.59. The second kappa shape index (κ2) is 8.68. The van der Waals surface area contributed by atoms with Crippen LogP contribution < -0.4 is 14.3 Å². The van der Waals surface area contributed by atoms with Gasteiger partial charge in [0.25, 0.3) is 0 Å². The number of anilines is 1. The minimum Gasteiger partial charge on any atom is -0.874 e. The number of nitrogens with zero attached hydrogens (tertiary/aromatic N) is 2. The van der Waals surface area contributed by atoms with Gasteiger partial charge in [0, 0.05) is 26.4 Å². The van der Waals surface area contributed by atoms with Crippen molar-refractivity contribution in [3.05, 3.63) is 35.7 Å². The average Bonchev–Trinajstić information content (AvgIpc) is 2.58. The summed E-state index contributed by atoms with van der Waals surface area (Å²) in [5.41, 5.74) is 0.864. The maximum absolute atomic E-state index is 13.1. The Kier molecular flexibility index (Phi) is 7.41. The molecule has 0 N–H and O–H groups in total. The Morgan fingerprint density at radius 1 is 1.15 bits per heavy atom. The standard InChI is InChI=1S/C17H27N2O6P/c1-8-25-17(21)16(13(2)20)18(26(22,23-6)24-7)14-9-11-15(12-10-14)19(3,4)5/h9-12H,8H2,1-7H3. The van der Waals surface area contributed by atoms with Gasteiger partial charge in [-0.2, -0.15) is 0 Å². The molecule has 0 atom stereocenters. The normalized spacial score (nSPS) is 13.2. The molecule has 0 bridgehead atoms. The predicted octanol–water partition coefficient (Wildman–Crippen LogP) is 2.25. The van der Waals surface area contributed by atoms with Gasteiger partial charge in [-0.15, -0.1) is 5.76 Å². The van der Waals surface area contributed by atoms with Gasteiger partial charge in [0.15, 0.2) is 0 Å². The molecule has 0 aliphatic heterocycles. The number of benzene rings is 1. The summed E-state index contributed by atoms with van der Waals surface area (Å²) in [6, 6.07) is 6.90. The van der Waals surface area contributed by atoms with Crippen LogP contribution in [0.4, 0.5) is 11.4 Å². The number of ether oxygens (including phenoxy) is 1. The Morgan fingerprint density at radius 2 is 1.65 bits per heavy atom. The monoisotopic (exact) mass is 386 g/mol. The van der Waals surface area contributed by atoms with E-state index in [2.05, 4.69) is 0 Å². The van der Waals surface area contributed by atoms with E-state index in [1.807, 2.05) is 21.1 Å². The fourth-order valence-electron chi connectivity index (χ4n) is 2.25. The zero-order valence-electron chi connectivity index (χ0n) is 16.3. The molecule has 1 aromatic rings. The van der Waals surface area contributed by atoms with E-state index in [-0.39, 0.29) is 6.61 Å². The van der Waals surface area contributed by atoms with Gasteiger partial charge in [0.2, 0.25) is 0 Å². The first-order valence-electron chi connectivity index (χ1n) is 8.01. The molecular formula is C17H27N2O6P. The first-order valence-corrected chi connectivity index (χ1v) is 9.50. The Hall–Kier alpha value is -1.86. The van der Waals surface area contributed by atoms with Crippen LogP contribution in [0.1, 0.15) is 13.8 Å². The molecule has 0 amide bonds. The van der Waals surface area contributed by atoms with E-state index in [1.165, 1.54) is 21.1 Å². The minimum absolute atomic E-state index is 0.0637. The largest absolute Gasteiger partial charge is 0.874 e. The zero-order chi connectivity index (χ0) is 20.1. The van der Waals surface area contributed by atoms with Crippen molar-refractivity contribution in [1.29, 1.82) is 0 Å². The van der Waals surface area contributed by atoms with Crippen molar-refractivity contribution in [1.82, 2.24) is 4.48 Å². The SMILES string of the molecule is CCOC(=O)/C(=C(\C)[O-])N(c1ccc([N+](C)(C)C)cc1)P(=O)(OC)OC. The minimum atomic E-state index is -3.99. The summed E-state index contributed by atoms with van der Waals surface area (Å²) >= 11 is 0. The number of carbonyl (C=O) groups excluding carboxylic acids is 1. The summed E-state index contributed by atoms with van der Waals surface area (Å²) in [4.78, 5) is 12.3. The molecular weight excluding hydrogens is 359 g/mol. The number of quaternary nitrogens is 1. The van der Waals surface area contributed by atoms with Crippen LogP contribution in [-0.2, 0) is 23.1 Å². The van der Waals surface area contributed by atoms with Crippen molar-refractivity contribution in [2.75, 3.05) is 46.6 Å². The summed E-state index contributed by atoms with van der Waals surface area (Å²) in [6.45, 7) is 2.87. The molecule has 8 nitrogen and oxygen atoms in total. The molecule has 0 heterocycles. The summed E-state index contributed by atoms with van der Waals surface area (Å²) in [7, 11) is 4.36. The van der Waals surface area contributed by atoms with E-state index in [0.717, 1.165) is 10.4 Å². The predicted molar refractivity (Wildman–Crippen MR) is 99.4 cm³/mol. The third kappa shape index (κ3) is 4.86. The van der Waals surface area contributed by atoms with Crippen molar-refractivity contribution in [3.63, 3.8) is 0 Å². The van der Waals surface area contributed by atoms with Gasteiger partial charge in [0.1, 0.15) is 11.4 Å². The second-order valence-electron chi connectivity index (χ2n) is 6.30. The summed E-state index contributed by atoms with van der Waals surface area (Å²) in [5.74, 6) is -1.52. The van der Waals surface area contributed by atoms with Crippen molar-refractivity contribution >= 4 is 25.1 Å². The van der Waals surface area contributed by atoms with Crippen LogP contribution in [0.2, 0.25) is 0 Å². The molecule has 0 radical (unpaired) electrons. The highest BCUT2D eigenvalue weighted by Crippen LogP contribution is 2.55. The van der Waals surface area contributed by atoms with E-state index in [0.29, 0.717) is 10.2 Å². The molecule has 0 saturated heterocycles. The lowest BCUT2D eigenvalue weighted by Crippen LogP contribution is -2.35. The molecule has 0 fully saturated rings. The van der Waals surface area contributed by atoms with Crippen LogP contribution in [0.25, 0.3) is 0 Å². The van der Waals surface area contributed by atoms with Gasteiger partial charge in [-0.1, -0.05) is 6.92 Å². The van der Waals surface area contributed by atoms with E-state index in [9.17, 15) is 14.5 Å². The van der Waals surface area contributed by atoms with Gasteiger partial charge in [0.05, 0.1) is 33.4 Å². The fourth-order valence-corrected chi connectivity index (χ4v) is 3.61. The lowest BCUT2D eigenvalue weighted by Gasteiger charge is -2.33. The highest BCUT2D eigenvalue weighted by atomic mass is 31.2. The molecule has 0 aromatic heterocycles. The topological polar surface area (TPSA) is 88.1 Å². The average molecular weight is 386 g/mol. The Labute approximate surface area is 154 Å². The van der Waals surface area contributed by atoms with Gasteiger partial charge in [-0.3, -0.25) is 13.5 Å². The molecule has 9 heteroatoms. The molecule has 0 spiro atoms. The van der Waals surface area contributed by atoms with E-state index < -0.39 is 25.2 Å². The number of hydrogen-bond donors (Lipinski definition) is 0. The molecule has 146 valence electrons. The number of hydrogen-bond acceptors (Lipinski definition) is 6. The smallest absolute Gasteiger partial charge is 0.439 e. The van der Waals surface area contributed by atoms with Gasteiger partial charge >= 0.3 is 13.7 Å². The Bertz CT molecular complexity index is 697. The Morgan fingerprint density at radius 3 is 2.00 bits per heavy atom. The number of allylic oxidation sites excluding steroid dienone is 1. The molecule has 0 saturated carbocycles. The van der Waals surface area contributed by atoms with Crippen LogP contribution in [-0.4, -0.2) is 47.9 Å². The van der Waals surface area contributed by atoms with E-state index >= 15 is 0 Å². The third-order valence-corrected chi connectivity index (χ3v) is 5.43. The number of esters is 1. The van der Waals surface area contributed by atoms with Gasteiger partial charge in [-0.05, 0) is 19.1 Å². The van der Waals surface area contributed by atoms with Crippen LogP contribution in [0, 0.1) is 0 Å². The van der Waals surface area contributed by atoms with Crippen molar-refractivity contribution in [2.45, 2.75) is 13.8 Å². The molecule has 0 unspecified atom stereocenters. The summed E-state index contributed by atoms with van der Waals surface area (Å²) in [5, 5.41) is 12.2. The van der Waals surface area contributed by atoms with Crippen LogP contribution >= 0.6 is 7.75 Å². The number of rotatable bonds is 8. The molecule has 26 heavy (non-hydrogen) atoms. The quantitative estimate of drug-likeness (QED) is 0.223. The highest BCUT2D eigenvalue weighted by Gasteiger charge is 2.38. The van der Waals surface area contributed by atoms with Gasteiger partial charge < -0.3 is 9.84 Å². The lowest BCUT2D eigenvalue weighted by atomic mass is 10.2. The fraction of sp³-hybridized carbons (Fsp3) is 0.471. The van der Waals surface area contributed by atoms with Crippen LogP contribution in [0.5, 0.6) is 0 Å². The first-order chi connectivity index (χ1) is 12.0. The van der Waals surface area contributed by atoms with Crippen molar-refractivity contribution in [2.24, 2.45) is 0 Å². The Balaban J connectivity index is 3.59. The molecule has 0 aliphatic rings. The van der Waals surface area contributed by atoms with Crippen LogP contribution in [0.3, 0.4) is 0 Å². The number of carbonyl (C=O) groups is 1. The van der Waals surface area contributed by atoms with Crippen LogP contribution in [0.15, 0.2) is 35.7 Å². The molecule has 1 rings (SSSR count).